The molecule has 128 valence electrons. The summed E-state index contributed by atoms with van der Waals surface area (Å²) < 4.78 is 0.967. The standard InChI is InChI=1S/C18H27BrN2O2/c1-5-7-17(22)21(12-15-8-6-9-16(19)10-15)14(4)18(23)20-11-13(2)3/h6,8-10,13-14H,5,7,11-12H2,1-4H3,(H,20,23). The fourth-order valence-corrected chi connectivity index (χ4v) is 2.67. The van der Waals surface area contributed by atoms with E-state index in [1.165, 1.54) is 0 Å². The van der Waals surface area contributed by atoms with Crippen LogP contribution in [0.25, 0.3) is 0 Å². The zero-order chi connectivity index (χ0) is 17.4. The van der Waals surface area contributed by atoms with Crippen molar-refractivity contribution in [1.29, 1.82) is 0 Å². The van der Waals surface area contributed by atoms with E-state index in [0.29, 0.717) is 25.4 Å². The molecule has 5 heteroatoms. The van der Waals surface area contributed by atoms with Gasteiger partial charge in [-0.15, -0.1) is 0 Å². The molecule has 0 aromatic heterocycles. The van der Waals surface area contributed by atoms with E-state index in [4.69, 9.17) is 0 Å². The van der Waals surface area contributed by atoms with E-state index in [1.807, 2.05) is 45.0 Å². The molecule has 1 atom stereocenters. The number of halogens is 1. The van der Waals surface area contributed by atoms with Crippen molar-refractivity contribution in [2.24, 2.45) is 5.92 Å². The van der Waals surface area contributed by atoms with Crippen molar-refractivity contribution in [3.8, 4) is 0 Å². The molecule has 0 fully saturated rings. The molecular weight excluding hydrogens is 356 g/mol. The summed E-state index contributed by atoms with van der Waals surface area (Å²) in [5, 5.41) is 2.91. The van der Waals surface area contributed by atoms with Gasteiger partial charge in [-0.3, -0.25) is 9.59 Å². The number of nitrogens with one attached hydrogen (secondary N) is 1. The van der Waals surface area contributed by atoms with Crippen LogP contribution in [0.3, 0.4) is 0 Å². The molecule has 0 heterocycles. The minimum atomic E-state index is -0.480. The zero-order valence-corrected chi connectivity index (χ0v) is 16.0. The van der Waals surface area contributed by atoms with E-state index in [1.54, 1.807) is 11.8 Å². The van der Waals surface area contributed by atoms with Crippen molar-refractivity contribution in [3.63, 3.8) is 0 Å². The zero-order valence-electron chi connectivity index (χ0n) is 14.4. The van der Waals surface area contributed by atoms with Crippen molar-refractivity contribution in [2.75, 3.05) is 6.54 Å². The number of benzene rings is 1. The lowest BCUT2D eigenvalue weighted by atomic mass is 10.1. The van der Waals surface area contributed by atoms with Crippen LogP contribution < -0.4 is 5.32 Å². The largest absolute Gasteiger partial charge is 0.354 e. The van der Waals surface area contributed by atoms with Gasteiger partial charge in [0.15, 0.2) is 0 Å². The van der Waals surface area contributed by atoms with Crippen LogP contribution in [0, 0.1) is 5.92 Å². The Morgan fingerprint density at radius 1 is 1.26 bits per heavy atom. The second-order valence-electron chi connectivity index (χ2n) is 6.22. The maximum Gasteiger partial charge on any atom is 0.242 e. The third kappa shape index (κ3) is 6.73. The summed E-state index contributed by atoms with van der Waals surface area (Å²) in [5.41, 5.74) is 1.01. The molecule has 0 spiro atoms. The van der Waals surface area contributed by atoms with Crippen molar-refractivity contribution >= 4 is 27.7 Å². The lowest BCUT2D eigenvalue weighted by molar-refractivity contribution is -0.140. The molecule has 4 nitrogen and oxygen atoms in total. The van der Waals surface area contributed by atoms with E-state index in [9.17, 15) is 9.59 Å². The van der Waals surface area contributed by atoms with Gasteiger partial charge in [0.2, 0.25) is 11.8 Å². The second kappa shape index (κ2) is 9.71. The van der Waals surface area contributed by atoms with Crippen LogP contribution in [-0.4, -0.2) is 29.3 Å². The molecule has 1 aromatic carbocycles. The first-order chi connectivity index (χ1) is 10.8. The minimum absolute atomic E-state index is 0.0136. The molecule has 1 unspecified atom stereocenters. The summed E-state index contributed by atoms with van der Waals surface area (Å²) in [7, 11) is 0. The Hall–Kier alpha value is -1.36. The number of carbonyl (C=O) groups excluding carboxylic acids is 2. The van der Waals surface area contributed by atoms with E-state index in [0.717, 1.165) is 16.5 Å². The number of carbonyl (C=O) groups is 2. The van der Waals surface area contributed by atoms with Gasteiger partial charge in [-0.1, -0.05) is 48.8 Å². The average molecular weight is 383 g/mol. The minimum Gasteiger partial charge on any atom is -0.354 e. The van der Waals surface area contributed by atoms with Crippen LogP contribution >= 0.6 is 15.9 Å². The van der Waals surface area contributed by atoms with Gasteiger partial charge < -0.3 is 10.2 Å². The molecular formula is C18H27BrN2O2. The molecule has 0 saturated carbocycles. The van der Waals surface area contributed by atoms with Gasteiger partial charge in [-0.25, -0.2) is 0 Å². The number of rotatable bonds is 8. The molecule has 1 rings (SSSR count). The Bertz CT molecular complexity index is 532. The third-order valence-electron chi connectivity index (χ3n) is 3.56. The third-order valence-corrected chi connectivity index (χ3v) is 4.05. The highest BCUT2D eigenvalue weighted by Crippen LogP contribution is 2.16. The highest BCUT2D eigenvalue weighted by Gasteiger charge is 2.25. The fraction of sp³-hybridized carbons (Fsp3) is 0.556. The van der Waals surface area contributed by atoms with Crippen LogP contribution in [0.2, 0.25) is 0 Å². The molecule has 0 aliphatic carbocycles. The highest BCUT2D eigenvalue weighted by atomic mass is 79.9. The van der Waals surface area contributed by atoms with Crippen molar-refractivity contribution < 1.29 is 9.59 Å². The molecule has 1 aromatic rings. The lowest BCUT2D eigenvalue weighted by Gasteiger charge is -2.29. The van der Waals surface area contributed by atoms with Crippen molar-refractivity contribution in [2.45, 2.75) is 53.1 Å². The fourth-order valence-electron chi connectivity index (χ4n) is 2.22. The van der Waals surface area contributed by atoms with Gasteiger partial charge in [0.05, 0.1) is 0 Å². The normalized spacial score (nSPS) is 12.1. The molecule has 1 N–H and O–H groups in total. The first kappa shape index (κ1) is 19.7. The van der Waals surface area contributed by atoms with Gasteiger partial charge in [0, 0.05) is 24.0 Å². The van der Waals surface area contributed by atoms with Crippen LogP contribution in [0.4, 0.5) is 0 Å². The van der Waals surface area contributed by atoms with Crippen molar-refractivity contribution in [1.82, 2.24) is 10.2 Å². The Morgan fingerprint density at radius 2 is 1.96 bits per heavy atom. The Morgan fingerprint density at radius 3 is 2.52 bits per heavy atom. The summed E-state index contributed by atoms with van der Waals surface area (Å²) in [6.45, 7) is 8.92. The second-order valence-corrected chi connectivity index (χ2v) is 7.13. The molecule has 0 saturated heterocycles. The summed E-state index contributed by atoms with van der Waals surface area (Å²) in [6, 6.07) is 7.35. The predicted octanol–water partition coefficient (Wildman–Crippen LogP) is 3.74. The number of hydrogen-bond donors (Lipinski definition) is 1. The summed E-state index contributed by atoms with van der Waals surface area (Å²) >= 11 is 3.44. The van der Waals surface area contributed by atoms with Crippen LogP contribution in [0.15, 0.2) is 28.7 Å². The Balaban J connectivity index is 2.86. The SMILES string of the molecule is CCCC(=O)N(Cc1cccc(Br)c1)C(C)C(=O)NCC(C)C. The topological polar surface area (TPSA) is 49.4 Å². The Labute approximate surface area is 147 Å². The maximum atomic E-state index is 12.5. The summed E-state index contributed by atoms with van der Waals surface area (Å²) in [5.74, 6) is 0.300. The smallest absolute Gasteiger partial charge is 0.242 e. The average Bonchev–Trinajstić information content (AvgIpc) is 2.49. The molecule has 0 radical (unpaired) electrons. The molecule has 0 aliphatic heterocycles. The van der Waals surface area contributed by atoms with E-state index in [2.05, 4.69) is 21.2 Å². The predicted molar refractivity (Wildman–Crippen MR) is 96.9 cm³/mol. The Kier molecular flexibility index (Phi) is 8.31. The molecule has 0 aliphatic rings. The summed E-state index contributed by atoms with van der Waals surface area (Å²) in [4.78, 5) is 26.5. The number of amides is 2. The van der Waals surface area contributed by atoms with Crippen LogP contribution in [0.5, 0.6) is 0 Å². The molecule has 0 bridgehead atoms. The van der Waals surface area contributed by atoms with Gasteiger partial charge in [-0.05, 0) is 37.0 Å². The number of hydrogen-bond acceptors (Lipinski definition) is 2. The van der Waals surface area contributed by atoms with Crippen LogP contribution in [0.1, 0.15) is 46.1 Å². The molecule has 2 amide bonds. The van der Waals surface area contributed by atoms with Crippen molar-refractivity contribution in [3.05, 3.63) is 34.3 Å². The quantitative estimate of drug-likeness (QED) is 0.744. The van der Waals surface area contributed by atoms with Gasteiger partial charge in [0.1, 0.15) is 6.04 Å². The first-order valence-corrected chi connectivity index (χ1v) is 8.96. The van der Waals surface area contributed by atoms with E-state index >= 15 is 0 Å². The monoisotopic (exact) mass is 382 g/mol. The van der Waals surface area contributed by atoms with Crippen LogP contribution in [-0.2, 0) is 16.1 Å². The lowest BCUT2D eigenvalue weighted by Crippen LogP contribution is -2.48. The van der Waals surface area contributed by atoms with Gasteiger partial charge in [-0.2, -0.15) is 0 Å². The summed E-state index contributed by atoms with van der Waals surface area (Å²) in [6.07, 6.45) is 1.23. The maximum absolute atomic E-state index is 12.5. The van der Waals surface area contributed by atoms with Gasteiger partial charge in [0.25, 0.3) is 0 Å². The number of nitrogens with zero attached hydrogens (tertiary/aromatic N) is 1. The highest BCUT2D eigenvalue weighted by molar-refractivity contribution is 9.10. The molecule has 23 heavy (non-hydrogen) atoms. The van der Waals surface area contributed by atoms with E-state index in [-0.39, 0.29) is 11.8 Å². The van der Waals surface area contributed by atoms with Gasteiger partial charge >= 0.3 is 0 Å². The van der Waals surface area contributed by atoms with E-state index < -0.39 is 6.04 Å². The first-order valence-electron chi connectivity index (χ1n) is 8.16.